The van der Waals surface area contributed by atoms with Gasteiger partial charge in [-0.15, -0.1) is 0 Å². The predicted molar refractivity (Wildman–Crippen MR) is 83.8 cm³/mol. The van der Waals surface area contributed by atoms with E-state index in [0.29, 0.717) is 19.1 Å². The Hall–Kier alpha value is -1.21. The van der Waals surface area contributed by atoms with Crippen molar-refractivity contribution in [3.8, 4) is 0 Å². The molecule has 2 rings (SSSR count). The number of aromatic nitrogens is 2. The smallest absolute Gasteiger partial charge is 0.216 e. The third-order valence-corrected chi connectivity index (χ3v) is 6.35. The van der Waals surface area contributed by atoms with Gasteiger partial charge in [-0.25, -0.2) is 22.7 Å². The van der Waals surface area contributed by atoms with Crippen LogP contribution in [0.4, 0.5) is 5.82 Å². The molecule has 1 fully saturated rings. The van der Waals surface area contributed by atoms with E-state index in [0.717, 1.165) is 24.4 Å². The zero-order chi connectivity index (χ0) is 15.6. The van der Waals surface area contributed by atoms with Gasteiger partial charge in [0.1, 0.15) is 12.1 Å². The fourth-order valence-electron chi connectivity index (χ4n) is 2.60. The van der Waals surface area contributed by atoms with E-state index >= 15 is 0 Å². The molecule has 6 nitrogen and oxygen atoms in total. The number of hydrogen-bond donors (Lipinski definition) is 0. The summed E-state index contributed by atoms with van der Waals surface area (Å²) in [5.74, 6) is 0.896. The highest BCUT2D eigenvalue weighted by molar-refractivity contribution is 7.89. The van der Waals surface area contributed by atoms with E-state index < -0.39 is 10.0 Å². The van der Waals surface area contributed by atoms with Crippen LogP contribution >= 0.6 is 0 Å². The van der Waals surface area contributed by atoms with Crippen LogP contribution in [0.15, 0.2) is 12.4 Å². The topological polar surface area (TPSA) is 66.4 Å². The fourth-order valence-corrected chi connectivity index (χ4v) is 3.92. The van der Waals surface area contributed by atoms with Crippen molar-refractivity contribution in [2.75, 3.05) is 25.0 Å². The second kappa shape index (κ2) is 6.27. The van der Waals surface area contributed by atoms with Gasteiger partial charge in [-0.05, 0) is 33.6 Å². The van der Waals surface area contributed by atoms with Gasteiger partial charge < -0.3 is 4.90 Å². The van der Waals surface area contributed by atoms with Gasteiger partial charge in [0.25, 0.3) is 0 Å². The van der Waals surface area contributed by atoms with Gasteiger partial charge in [0.05, 0.1) is 5.25 Å². The van der Waals surface area contributed by atoms with Gasteiger partial charge in [-0.1, -0.05) is 0 Å². The summed E-state index contributed by atoms with van der Waals surface area (Å²) in [6.45, 7) is 6.57. The van der Waals surface area contributed by atoms with E-state index in [1.165, 1.54) is 0 Å². The van der Waals surface area contributed by atoms with Crippen LogP contribution < -0.4 is 4.90 Å². The normalized spacial score (nSPS) is 18.1. The molecule has 0 saturated carbocycles. The third-order valence-electron chi connectivity index (χ3n) is 4.08. The molecule has 7 heteroatoms. The summed E-state index contributed by atoms with van der Waals surface area (Å²) in [7, 11) is -1.12. The van der Waals surface area contributed by atoms with E-state index in [9.17, 15) is 8.42 Å². The van der Waals surface area contributed by atoms with Crippen molar-refractivity contribution < 1.29 is 8.42 Å². The summed E-state index contributed by atoms with van der Waals surface area (Å²) in [6.07, 6.45) is 3.22. The second-order valence-electron chi connectivity index (χ2n) is 5.85. The lowest BCUT2D eigenvalue weighted by Gasteiger charge is -2.37. The highest BCUT2D eigenvalue weighted by Gasteiger charge is 2.31. The van der Waals surface area contributed by atoms with Crippen LogP contribution in [0.25, 0.3) is 0 Å². The fraction of sp³-hybridized carbons (Fsp3) is 0.714. The Balaban J connectivity index is 2.01. The first-order valence-electron chi connectivity index (χ1n) is 7.33. The Morgan fingerprint density at radius 1 is 1.29 bits per heavy atom. The minimum absolute atomic E-state index is 0.318. The summed E-state index contributed by atoms with van der Waals surface area (Å²) in [6, 6.07) is 2.27. The van der Waals surface area contributed by atoms with E-state index in [4.69, 9.17) is 0 Å². The Kier molecular flexibility index (Phi) is 4.83. The molecule has 1 aliphatic rings. The maximum absolute atomic E-state index is 12.2. The first-order chi connectivity index (χ1) is 9.82. The molecule has 0 aromatic carbocycles. The van der Waals surface area contributed by atoms with Crippen LogP contribution in [0, 0.1) is 6.92 Å². The van der Waals surface area contributed by atoms with Crippen molar-refractivity contribution in [1.82, 2.24) is 14.3 Å². The van der Waals surface area contributed by atoms with Crippen LogP contribution in [0.2, 0.25) is 0 Å². The summed E-state index contributed by atoms with van der Waals surface area (Å²) in [5, 5.41) is -0.351. The van der Waals surface area contributed by atoms with E-state index in [2.05, 4.69) is 14.9 Å². The lowest BCUT2D eigenvalue weighted by molar-refractivity contribution is 0.312. The second-order valence-corrected chi connectivity index (χ2v) is 8.34. The van der Waals surface area contributed by atoms with Crippen LogP contribution in [0.5, 0.6) is 0 Å². The zero-order valence-electron chi connectivity index (χ0n) is 13.2. The van der Waals surface area contributed by atoms with Crippen LogP contribution in [-0.4, -0.2) is 54.1 Å². The maximum atomic E-state index is 12.2. The Morgan fingerprint density at radius 2 is 1.90 bits per heavy atom. The van der Waals surface area contributed by atoms with Crippen molar-refractivity contribution in [3.05, 3.63) is 18.1 Å². The van der Waals surface area contributed by atoms with Gasteiger partial charge in [0.15, 0.2) is 0 Å². The van der Waals surface area contributed by atoms with Crippen molar-refractivity contribution in [3.63, 3.8) is 0 Å². The molecular formula is C14H24N4O2S. The molecule has 2 heterocycles. The molecule has 0 aliphatic carbocycles. The molecule has 0 radical (unpaired) electrons. The van der Waals surface area contributed by atoms with E-state index in [1.807, 2.05) is 20.0 Å². The van der Waals surface area contributed by atoms with Crippen molar-refractivity contribution in [2.24, 2.45) is 0 Å². The molecule has 0 N–H and O–H groups in total. The first-order valence-corrected chi connectivity index (χ1v) is 8.83. The van der Waals surface area contributed by atoms with Gasteiger partial charge in [-0.3, -0.25) is 0 Å². The average Bonchev–Trinajstić information content (AvgIpc) is 2.46. The molecule has 0 unspecified atom stereocenters. The van der Waals surface area contributed by atoms with Crippen molar-refractivity contribution in [2.45, 2.75) is 44.9 Å². The molecule has 1 aliphatic heterocycles. The van der Waals surface area contributed by atoms with E-state index in [1.54, 1.807) is 24.5 Å². The van der Waals surface area contributed by atoms with E-state index in [-0.39, 0.29) is 5.25 Å². The quantitative estimate of drug-likeness (QED) is 0.841. The maximum Gasteiger partial charge on any atom is 0.216 e. The monoisotopic (exact) mass is 312 g/mol. The molecular weight excluding hydrogens is 288 g/mol. The molecule has 1 saturated heterocycles. The number of nitrogens with zero attached hydrogens (tertiary/aromatic N) is 4. The molecule has 0 bridgehead atoms. The number of sulfonamides is 1. The molecule has 0 atom stereocenters. The van der Waals surface area contributed by atoms with Crippen LogP contribution in [0.1, 0.15) is 32.4 Å². The summed E-state index contributed by atoms with van der Waals surface area (Å²) < 4.78 is 26.0. The largest absolute Gasteiger partial charge is 0.356 e. The van der Waals surface area contributed by atoms with Crippen molar-refractivity contribution in [1.29, 1.82) is 0 Å². The summed E-state index contributed by atoms with van der Waals surface area (Å²) in [5.41, 5.74) is 0.937. The molecule has 1 aromatic heterocycles. The minimum atomic E-state index is -3.13. The molecule has 0 amide bonds. The summed E-state index contributed by atoms with van der Waals surface area (Å²) >= 11 is 0. The highest BCUT2D eigenvalue weighted by atomic mass is 32.2. The van der Waals surface area contributed by atoms with Crippen molar-refractivity contribution >= 4 is 15.8 Å². The molecule has 118 valence electrons. The van der Waals surface area contributed by atoms with Gasteiger partial charge in [0, 0.05) is 37.9 Å². The average molecular weight is 312 g/mol. The number of piperidine rings is 1. The SMILES string of the molecule is Cc1cc(N(C)C2CCN(S(=O)(=O)C(C)C)CC2)ncn1. The molecule has 21 heavy (non-hydrogen) atoms. The van der Waals surface area contributed by atoms with Gasteiger partial charge >= 0.3 is 0 Å². The number of aryl methyl sites for hydroxylation is 1. The number of rotatable bonds is 4. The summed E-state index contributed by atoms with van der Waals surface area (Å²) in [4.78, 5) is 10.5. The third kappa shape index (κ3) is 3.52. The lowest BCUT2D eigenvalue weighted by Crippen LogP contribution is -2.47. The van der Waals surface area contributed by atoms with Gasteiger partial charge in [-0.2, -0.15) is 0 Å². The van der Waals surface area contributed by atoms with Crippen LogP contribution in [-0.2, 0) is 10.0 Å². The standard InChI is InChI=1S/C14H24N4O2S/c1-11(2)21(19,20)18-7-5-13(6-8-18)17(4)14-9-12(3)15-10-16-14/h9-11,13H,5-8H2,1-4H3. The van der Waals surface area contributed by atoms with Gasteiger partial charge in [0.2, 0.25) is 10.0 Å². The zero-order valence-corrected chi connectivity index (χ0v) is 14.0. The van der Waals surface area contributed by atoms with Crippen LogP contribution in [0.3, 0.4) is 0 Å². The Bertz CT molecular complexity index is 580. The molecule has 0 spiro atoms. The molecule has 1 aromatic rings. The predicted octanol–water partition coefficient (Wildman–Crippen LogP) is 1.42. The first kappa shape index (κ1) is 16.2. The highest BCUT2D eigenvalue weighted by Crippen LogP contribution is 2.23. The Labute approximate surface area is 127 Å². The number of hydrogen-bond acceptors (Lipinski definition) is 5. The minimum Gasteiger partial charge on any atom is -0.356 e. The lowest BCUT2D eigenvalue weighted by atomic mass is 10.1. The number of anilines is 1. The Morgan fingerprint density at radius 3 is 2.43 bits per heavy atom.